The number of aromatic nitrogens is 5. The van der Waals surface area contributed by atoms with Crippen molar-refractivity contribution < 1.29 is 114 Å². The number of nitrogens with zero attached hydrogens (tertiary/aromatic N) is 3. The van der Waals surface area contributed by atoms with Gasteiger partial charge in [0.1, 0.15) is 84.6 Å². The van der Waals surface area contributed by atoms with Gasteiger partial charge in [-0.2, -0.15) is 13.2 Å². The summed E-state index contributed by atoms with van der Waals surface area (Å²) in [6.07, 6.45) is -2.15. The molecule has 3 aromatic heterocycles. The molecule has 5 heterocycles. The van der Waals surface area contributed by atoms with Gasteiger partial charge in [-0.05, 0) is 141 Å². The second-order valence-electron chi connectivity index (χ2n) is 33.0. The number of benzene rings is 1. The number of imidazole rings is 2. The number of guanidine groups is 2. The van der Waals surface area contributed by atoms with E-state index in [9.17, 15) is 80.6 Å². The zero-order chi connectivity index (χ0) is 105. The molecule has 53 nitrogen and oxygen atoms in total. The molecular weight excluding hydrogens is 1900 g/mol. The first kappa shape index (κ1) is 117. The third-order valence-electron chi connectivity index (χ3n) is 21.8. The van der Waals surface area contributed by atoms with Gasteiger partial charge >= 0.3 is 12.1 Å². The number of aromatic amines is 3. The lowest BCUT2D eigenvalue weighted by molar-refractivity contribution is -0.192. The van der Waals surface area contributed by atoms with E-state index in [0.29, 0.717) is 34.3 Å². The first-order chi connectivity index (χ1) is 66.8. The van der Waals surface area contributed by atoms with Gasteiger partial charge < -0.3 is 161 Å². The maximum Gasteiger partial charge on any atom is 0.490 e. The van der Waals surface area contributed by atoms with Crippen molar-refractivity contribution in [3.8, 4) is 0 Å². The van der Waals surface area contributed by atoms with E-state index in [1.54, 1.807) is 30.5 Å². The summed E-state index contributed by atoms with van der Waals surface area (Å²) in [6.45, 7) is 1.49. The maximum atomic E-state index is 15.6. The Morgan fingerprint density at radius 3 is 1.58 bits per heavy atom. The van der Waals surface area contributed by atoms with Crippen molar-refractivity contribution in [1.82, 2.24) is 115 Å². The zero-order valence-electron chi connectivity index (χ0n) is 77.6. The lowest BCUT2D eigenvalue weighted by Gasteiger charge is -2.31. The van der Waals surface area contributed by atoms with Crippen LogP contribution in [0.1, 0.15) is 146 Å². The third-order valence-corrected chi connectivity index (χ3v) is 24.2. The molecule has 2 fully saturated rings. The van der Waals surface area contributed by atoms with Crippen LogP contribution in [0.25, 0.3) is 10.9 Å². The summed E-state index contributed by atoms with van der Waals surface area (Å²) in [5.74, 6) is -23.1. The SMILES string of the molecule is CC(=O)N[C@@H](CC(N)=O)C(=O)NC(Cc1c[nH]c2ccccc12)C(=O)NC1CSSCC(C(=O)N[C@@H](CCCCN)C(=O)N[C@H](C(=O)N[C@@H](Cc2cnc[nH]2)C(=O)N2CCC[C@H]2C(=O)N[C@@H](Cc2cnc[nH]2)C(N)=O)[C@@H](C)O)NC(=O)[C@H](CCC(N)=O)NC(=O)C(CCCCN)NC(=O)[C@H](CCCNC(=N)N)NC(=O)CNC(=O)[C@H](CCCNC(=N)N)NC(=O)[C@H](CCCCN)NC1=O.O=C(O)C(F)(F)F. The van der Waals surface area contributed by atoms with Crippen LogP contribution in [-0.4, -0.2) is 318 Å². The number of hydrogen-bond acceptors (Lipinski definition) is 29. The van der Waals surface area contributed by atoms with Crippen LogP contribution < -0.4 is 131 Å². The normalized spacial score (nSPS) is 19.7. The number of carbonyl (C=O) groups is 19. The van der Waals surface area contributed by atoms with Gasteiger partial charge in [0.15, 0.2) is 11.9 Å². The molecular formula is C83H129F3N32O21S2. The minimum atomic E-state index is -5.08. The second-order valence-corrected chi connectivity index (χ2v) is 35.6. The second kappa shape index (κ2) is 60.7. The molecule has 0 radical (unpaired) electrons. The van der Waals surface area contributed by atoms with Gasteiger partial charge in [-0.25, -0.2) is 14.8 Å². The lowest BCUT2D eigenvalue weighted by atomic mass is 10.0. The number of likely N-dealkylation sites (tertiary alicyclic amines) is 1. The van der Waals surface area contributed by atoms with E-state index in [1.165, 1.54) is 29.9 Å². The maximum absolute atomic E-state index is 15.6. The minimum absolute atomic E-state index is 0.00749. The minimum Gasteiger partial charge on any atom is -0.475 e. The number of aliphatic hydroxyl groups excluding tert-OH is 1. The van der Waals surface area contributed by atoms with Crippen molar-refractivity contribution in [2.75, 3.05) is 57.3 Å². The number of primary amides is 3. The fourth-order valence-electron chi connectivity index (χ4n) is 14.5. The summed E-state index contributed by atoms with van der Waals surface area (Å²) in [4.78, 5) is 285. The Kier molecular flexibility index (Phi) is 50.6. The highest BCUT2D eigenvalue weighted by Crippen LogP contribution is 2.27. The number of para-hydroxylation sites is 1. The highest BCUT2D eigenvalue weighted by molar-refractivity contribution is 8.76. The number of carboxylic acid groups (broad SMARTS) is 1. The molecule has 0 aliphatic carbocycles. The Labute approximate surface area is 814 Å². The zero-order valence-corrected chi connectivity index (χ0v) is 79.3. The van der Waals surface area contributed by atoms with Crippen LogP contribution in [0, 0.1) is 10.8 Å². The summed E-state index contributed by atoms with van der Waals surface area (Å²) in [6, 6.07) is -16.1. The standard InChI is InChI=1S/C81H128N32O19S2.C2HF3O2/c1-42(114)65(78(131)109-58(32-46-36-93-41-99-46)79(132)113-29-13-21-61(113)77(130)107-55(66(87)119)31-45-35-92-40-98-45)112-72(125)53(18-7-10-26-84)105-75(128)59-38-133-134-39-60(111-73(126)56(30-44-34-96-48-15-4-3-14-47(44)48)108-74(127)57(33-63(86)117)100-43(2)115)76(129)104-52(17-6-9-25-83)69(122)102-49(19-11-27-94-80(88)89)67(120)97-37-64(118)101-50(20-12-28-95-81(90)91)68(121)103-51(16-5-8-24-82)70(123)106-54(71(124)110-59)22-23-62(85)116;3-2(4,5)1(6)7/h3-4,14-15,34-36,40-42,49-61,65,96,114H,5-13,16-33,37-39,82-84H2,1-2H3,(H2,85,116)(H2,86,117)(H2,87,119)(H,92,98)(H,93,99)(H,97,120)(H,100,115)(H,101,118)(H,102,122)(H,103,121)(H,104,129)(H,105,128)(H,106,123)(H,107,130)(H,108,127)(H,109,131)(H,110,124)(H,111,126)(H,112,125)(H4,88,89,94)(H4,90,91,95);(H,6,7)/t42-,49+,50+,51?,52+,53+,54+,55+,56?,57+,58+,59?,60?,61+,65+;/m1./s1. The van der Waals surface area contributed by atoms with Gasteiger partial charge in [0.25, 0.3) is 0 Å². The first-order valence-electron chi connectivity index (χ1n) is 45.2. The third kappa shape index (κ3) is 42.3. The van der Waals surface area contributed by atoms with Gasteiger partial charge in [0.05, 0.1) is 31.7 Å². The van der Waals surface area contributed by atoms with E-state index >= 15 is 24.0 Å². The Hall–Kier alpha value is -14.0. The molecule has 4 unspecified atom stereocenters. The molecule has 2 aliphatic heterocycles. The molecule has 4 aromatic rings. The van der Waals surface area contributed by atoms with Crippen molar-refractivity contribution >= 4 is 157 Å². The smallest absolute Gasteiger partial charge is 0.475 e. The first-order valence-corrected chi connectivity index (χ1v) is 47.7. The Morgan fingerprint density at radius 2 is 1.06 bits per heavy atom. The molecule has 2 saturated heterocycles. The molecule has 18 amide bonds. The predicted octanol–water partition coefficient (Wildman–Crippen LogP) is -8.98. The number of aliphatic hydroxyl groups is 1. The molecule has 15 atom stereocenters. The largest absolute Gasteiger partial charge is 0.490 e. The van der Waals surface area contributed by atoms with E-state index in [4.69, 9.17) is 66.6 Å². The Balaban J connectivity index is 0.00000481. The highest BCUT2D eigenvalue weighted by Gasteiger charge is 2.44. The van der Waals surface area contributed by atoms with E-state index in [0.717, 1.165) is 35.4 Å². The molecule has 0 bridgehead atoms. The van der Waals surface area contributed by atoms with E-state index in [1.807, 2.05) is 0 Å². The van der Waals surface area contributed by atoms with Crippen molar-refractivity contribution in [1.29, 1.82) is 10.8 Å². The van der Waals surface area contributed by atoms with Crippen LogP contribution in [0.5, 0.6) is 0 Å². The number of carbonyl (C=O) groups excluding carboxylic acids is 18. The molecule has 58 heteroatoms. The number of hydrogen-bond donors (Lipinski definition) is 31. The summed E-state index contributed by atoms with van der Waals surface area (Å²) in [7, 11) is 1.47. The fraction of sp³-hybridized carbons (Fsp3) is 0.578. The quantitative estimate of drug-likeness (QED) is 0.00845. The van der Waals surface area contributed by atoms with Gasteiger partial charge in [-0.3, -0.25) is 97.1 Å². The number of alkyl halides is 3. The molecule has 0 saturated carbocycles. The van der Waals surface area contributed by atoms with Gasteiger partial charge in [-0.15, -0.1) is 0 Å². The van der Waals surface area contributed by atoms with Crippen LogP contribution in [-0.2, 0) is 110 Å². The van der Waals surface area contributed by atoms with Crippen LogP contribution in [0.3, 0.4) is 0 Å². The summed E-state index contributed by atoms with van der Waals surface area (Å²) in [5.41, 5.74) is 47.6. The topological polar surface area (TPSA) is 890 Å². The Morgan fingerprint density at radius 1 is 0.553 bits per heavy atom. The number of halogens is 3. The lowest BCUT2D eigenvalue weighted by Crippen LogP contribution is -2.62. The summed E-state index contributed by atoms with van der Waals surface area (Å²) < 4.78 is 31.7. The Bertz CT molecular complexity index is 4890. The number of unbranched alkanes of at least 4 members (excludes halogenated alkanes) is 3. The van der Waals surface area contributed by atoms with Crippen molar-refractivity contribution in [3.63, 3.8) is 0 Å². The predicted molar refractivity (Wildman–Crippen MR) is 504 cm³/mol. The molecule has 39 N–H and O–H groups in total. The van der Waals surface area contributed by atoms with Crippen LogP contribution in [0.15, 0.2) is 55.5 Å². The molecule has 6 rings (SSSR count). The average Bonchev–Trinajstić information content (AvgIpc) is 1.72. The van der Waals surface area contributed by atoms with Crippen molar-refractivity contribution in [2.45, 2.75) is 246 Å². The summed E-state index contributed by atoms with van der Waals surface area (Å²) in [5, 5.41) is 75.6. The average molecular weight is 2030 g/mol. The number of carboxylic acids is 1. The number of nitrogens with two attached hydrogens (primary N) is 8. The van der Waals surface area contributed by atoms with E-state index in [2.05, 4.69) is 110 Å². The van der Waals surface area contributed by atoms with Crippen LogP contribution in [0.4, 0.5) is 13.2 Å². The fourth-order valence-corrected chi connectivity index (χ4v) is 16.8. The molecule has 141 heavy (non-hydrogen) atoms. The highest BCUT2D eigenvalue weighted by atomic mass is 33.1. The van der Waals surface area contributed by atoms with Crippen molar-refractivity contribution in [3.05, 3.63) is 72.5 Å². The number of amides is 18. The molecule has 2 aliphatic rings. The number of aliphatic carboxylic acids is 1. The molecule has 780 valence electrons. The van der Waals surface area contributed by atoms with E-state index < -0.39 is 258 Å². The number of H-pyrrole nitrogens is 3. The van der Waals surface area contributed by atoms with E-state index in [-0.39, 0.29) is 148 Å². The monoisotopic (exact) mass is 2030 g/mol. The molecule has 0 spiro atoms. The van der Waals surface area contributed by atoms with Gasteiger partial charge in [0, 0.05) is 105 Å². The number of rotatable bonds is 47. The summed E-state index contributed by atoms with van der Waals surface area (Å²) >= 11 is 0. The van der Waals surface area contributed by atoms with Gasteiger partial charge in [-0.1, -0.05) is 39.8 Å². The van der Waals surface area contributed by atoms with Crippen LogP contribution in [0.2, 0.25) is 0 Å². The number of nitrogens with one attached hydrogen (secondary N) is 21. The van der Waals surface area contributed by atoms with Gasteiger partial charge in [0.2, 0.25) is 106 Å². The van der Waals surface area contributed by atoms with Crippen LogP contribution >= 0.6 is 21.6 Å². The number of fused-ring (bicyclic) bond motifs is 1. The van der Waals surface area contributed by atoms with Crippen molar-refractivity contribution in [2.24, 2.45) is 45.9 Å². The molecule has 1 aromatic carbocycles.